The molecule has 0 fully saturated rings. The monoisotopic (exact) mass is 338 g/mol. The van der Waals surface area contributed by atoms with Crippen LogP contribution < -0.4 is 4.74 Å². The van der Waals surface area contributed by atoms with Crippen LogP contribution in [0.5, 0.6) is 5.75 Å². The third kappa shape index (κ3) is 4.47. The first-order chi connectivity index (χ1) is 11.3. The summed E-state index contributed by atoms with van der Waals surface area (Å²) in [6, 6.07) is 8.38. The van der Waals surface area contributed by atoms with Gasteiger partial charge in [-0.25, -0.2) is 0 Å². The Bertz CT molecular complexity index is 690. The summed E-state index contributed by atoms with van der Waals surface area (Å²) in [6.45, 7) is 1.72. The number of aromatic nitrogens is 1. The minimum absolute atomic E-state index is 0.293. The van der Waals surface area contributed by atoms with Crippen LogP contribution in [0, 0.1) is 0 Å². The van der Waals surface area contributed by atoms with E-state index in [2.05, 4.69) is 4.98 Å². The molecule has 0 aliphatic carbocycles. The van der Waals surface area contributed by atoms with Crippen LogP contribution in [-0.2, 0) is 17.5 Å². The molecular formula is C17H17F3N2O2. The SMILES string of the molecule is CC(Oc1ccccc1C(F)(F)F)C(=O)N(C)Cc1cccnc1. The number of hydrogen-bond donors (Lipinski definition) is 0. The first-order valence-corrected chi connectivity index (χ1v) is 7.26. The number of ether oxygens (including phenoxy) is 1. The molecule has 7 heteroatoms. The summed E-state index contributed by atoms with van der Waals surface area (Å²) in [5, 5.41) is 0. The van der Waals surface area contributed by atoms with Gasteiger partial charge in [-0.05, 0) is 30.7 Å². The topological polar surface area (TPSA) is 42.4 Å². The van der Waals surface area contributed by atoms with E-state index in [1.165, 1.54) is 30.0 Å². The lowest BCUT2D eigenvalue weighted by molar-refractivity contribution is -0.143. The average molecular weight is 338 g/mol. The van der Waals surface area contributed by atoms with Gasteiger partial charge in [0.15, 0.2) is 6.10 Å². The molecule has 1 atom stereocenters. The third-order valence-electron chi connectivity index (χ3n) is 3.36. The van der Waals surface area contributed by atoms with Gasteiger partial charge in [-0.1, -0.05) is 18.2 Å². The third-order valence-corrected chi connectivity index (χ3v) is 3.36. The number of rotatable bonds is 5. The number of nitrogens with zero attached hydrogens (tertiary/aromatic N) is 2. The Hall–Kier alpha value is -2.57. The maximum absolute atomic E-state index is 13.0. The predicted molar refractivity (Wildman–Crippen MR) is 82.2 cm³/mol. The van der Waals surface area contributed by atoms with Gasteiger partial charge in [-0.15, -0.1) is 0 Å². The second kappa shape index (κ2) is 7.33. The molecule has 2 aromatic rings. The highest BCUT2D eigenvalue weighted by Gasteiger charge is 2.35. The summed E-state index contributed by atoms with van der Waals surface area (Å²) in [5.74, 6) is -0.781. The van der Waals surface area contributed by atoms with Gasteiger partial charge in [-0.2, -0.15) is 13.2 Å². The van der Waals surface area contributed by atoms with Gasteiger partial charge in [-0.3, -0.25) is 9.78 Å². The summed E-state index contributed by atoms with van der Waals surface area (Å²) >= 11 is 0. The van der Waals surface area contributed by atoms with E-state index in [9.17, 15) is 18.0 Å². The fourth-order valence-electron chi connectivity index (χ4n) is 2.20. The number of hydrogen-bond acceptors (Lipinski definition) is 3. The normalized spacial score (nSPS) is 12.5. The van der Waals surface area contributed by atoms with Crippen LogP contribution in [0.1, 0.15) is 18.1 Å². The summed E-state index contributed by atoms with van der Waals surface area (Å²) in [6.07, 6.45) is -2.35. The van der Waals surface area contributed by atoms with E-state index in [1.54, 1.807) is 31.6 Å². The van der Waals surface area contributed by atoms with Gasteiger partial charge in [0.1, 0.15) is 5.75 Å². The van der Waals surface area contributed by atoms with Crippen molar-refractivity contribution in [2.75, 3.05) is 7.05 Å². The lowest BCUT2D eigenvalue weighted by atomic mass is 10.2. The number of carbonyl (C=O) groups is 1. The van der Waals surface area contributed by atoms with E-state index in [-0.39, 0.29) is 5.75 Å². The molecule has 0 saturated heterocycles. The summed E-state index contributed by atoms with van der Waals surface area (Å²) in [4.78, 5) is 17.7. The maximum atomic E-state index is 13.0. The zero-order chi connectivity index (χ0) is 17.7. The fourth-order valence-corrected chi connectivity index (χ4v) is 2.20. The molecule has 128 valence electrons. The van der Waals surface area contributed by atoms with E-state index in [0.717, 1.165) is 11.6 Å². The number of benzene rings is 1. The smallest absolute Gasteiger partial charge is 0.419 e. The lowest BCUT2D eigenvalue weighted by Gasteiger charge is -2.23. The highest BCUT2D eigenvalue weighted by molar-refractivity contribution is 5.80. The highest BCUT2D eigenvalue weighted by atomic mass is 19.4. The molecule has 2 rings (SSSR count). The molecule has 1 unspecified atom stereocenters. The number of amides is 1. The van der Waals surface area contributed by atoms with Crippen molar-refractivity contribution in [2.24, 2.45) is 0 Å². The van der Waals surface area contributed by atoms with Crippen LogP contribution in [-0.4, -0.2) is 28.9 Å². The van der Waals surface area contributed by atoms with Crippen LogP contribution >= 0.6 is 0 Å². The Morgan fingerprint density at radius 2 is 1.96 bits per heavy atom. The van der Waals surface area contributed by atoms with Gasteiger partial charge in [0.2, 0.25) is 0 Å². The lowest BCUT2D eigenvalue weighted by Crippen LogP contribution is -2.37. The van der Waals surface area contributed by atoms with E-state index in [0.29, 0.717) is 6.54 Å². The van der Waals surface area contributed by atoms with E-state index >= 15 is 0 Å². The molecule has 4 nitrogen and oxygen atoms in total. The largest absolute Gasteiger partial charge is 0.480 e. The minimum atomic E-state index is -4.54. The van der Waals surface area contributed by atoms with Crippen molar-refractivity contribution in [3.63, 3.8) is 0 Å². The fraction of sp³-hybridized carbons (Fsp3) is 0.294. The first-order valence-electron chi connectivity index (χ1n) is 7.26. The van der Waals surface area contributed by atoms with E-state index < -0.39 is 23.8 Å². The van der Waals surface area contributed by atoms with Crippen molar-refractivity contribution in [2.45, 2.75) is 25.7 Å². The van der Waals surface area contributed by atoms with Gasteiger partial charge in [0, 0.05) is 26.0 Å². The molecule has 0 aliphatic heterocycles. The van der Waals surface area contributed by atoms with Gasteiger partial charge in [0.25, 0.3) is 5.91 Å². The molecule has 0 radical (unpaired) electrons. The van der Waals surface area contributed by atoms with Crippen LogP contribution in [0.15, 0.2) is 48.8 Å². The van der Waals surface area contributed by atoms with E-state index in [1.807, 2.05) is 0 Å². The number of likely N-dealkylation sites (N-methyl/N-ethyl adjacent to an activating group) is 1. The highest BCUT2D eigenvalue weighted by Crippen LogP contribution is 2.36. The maximum Gasteiger partial charge on any atom is 0.419 e. The van der Waals surface area contributed by atoms with Crippen LogP contribution in [0.2, 0.25) is 0 Å². The zero-order valence-electron chi connectivity index (χ0n) is 13.2. The first kappa shape index (κ1) is 17.8. The Morgan fingerprint density at radius 3 is 2.58 bits per heavy atom. The quantitative estimate of drug-likeness (QED) is 0.838. The molecule has 0 bridgehead atoms. The van der Waals surface area contributed by atoms with Gasteiger partial charge in [0.05, 0.1) is 5.56 Å². The minimum Gasteiger partial charge on any atom is -0.480 e. The number of pyridine rings is 1. The van der Waals surface area contributed by atoms with Crippen molar-refractivity contribution >= 4 is 5.91 Å². The molecule has 0 spiro atoms. The number of alkyl halides is 3. The molecule has 1 amide bonds. The standard InChI is InChI=1S/C17H17F3N2O2/c1-12(16(23)22(2)11-13-6-5-9-21-10-13)24-15-8-4-3-7-14(15)17(18,19)20/h3-10,12H,11H2,1-2H3. The predicted octanol–water partition coefficient (Wildman–Crippen LogP) is 3.53. The summed E-state index contributed by atoms with van der Waals surface area (Å²) in [5.41, 5.74) is -0.0872. The number of para-hydroxylation sites is 1. The van der Waals surface area contributed by atoms with Crippen molar-refractivity contribution in [1.82, 2.24) is 9.88 Å². The molecule has 0 aliphatic rings. The Balaban J connectivity index is 2.07. The second-order valence-electron chi connectivity index (χ2n) is 5.31. The number of halogens is 3. The molecular weight excluding hydrogens is 321 g/mol. The average Bonchev–Trinajstić information content (AvgIpc) is 2.54. The molecule has 0 saturated carbocycles. The molecule has 0 N–H and O–H groups in total. The summed E-state index contributed by atoms with van der Waals surface area (Å²) in [7, 11) is 1.56. The van der Waals surface area contributed by atoms with Crippen LogP contribution in [0.3, 0.4) is 0 Å². The van der Waals surface area contributed by atoms with Crippen LogP contribution in [0.4, 0.5) is 13.2 Å². The Kier molecular flexibility index (Phi) is 5.43. The Labute approximate surface area is 137 Å². The zero-order valence-corrected chi connectivity index (χ0v) is 13.2. The number of carbonyl (C=O) groups excluding carboxylic acids is 1. The molecule has 1 heterocycles. The molecule has 1 aromatic carbocycles. The van der Waals surface area contributed by atoms with Crippen molar-refractivity contribution in [3.8, 4) is 5.75 Å². The van der Waals surface area contributed by atoms with Crippen molar-refractivity contribution in [3.05, 3.63) is 59.9 Å². The van der Waals surface area contributed by atoms with Crippen molar-refractivity contribution < 1.29 is 22.7 Å². The summed E-state index contributed by atoms with van der Waals surface area (Å²) < 4.78 is 44.2. The Morgan fingerprint density at radius 1 is 1.25 bits per heavy atom. The van der Waals surface area contributed by atoms with Gasteiger partial charge < -0.3 is 9.64 Å². The van der Waals surface area contributed by atoms with E-state index in [4.69, 9.17) is 4.74 Å². The molecule has 24 heavy (non-hydrogen) atoms. The second-order valence-corrected chi connectivity index (χ2v) is 5.31. The molecule has 1 aromatic heterocycles. The van der Waals surface area contributed by atoms with Crippen molar-refractivity contribution in [1.29, 1.82) is 0 Å². The van der Waals surface area contributed by atoms with Gasteiger partial charge >= 0.3 is 6.18 Å². The van der Waals surface area contributed by atoms with Crippen LogP contribution in [0.25, 0.3) is 0 Å².